The van der Waals surface area contributed by atoms with Crippen molar-refractivity contribution in [3.63, 3.8) is 0 Å². The van der Waals surface area contributed by atoms with Crippen LogP contribution in [0.4, 0.5) is 5.69 Å². The Bertz CT molecular complexity index is 482. The average molecular weight is 264 g/mol. The second kappa shape index (κ2) is 5.09. The summed E-state index contributed by atoms with van der Waals surface area (Å²) in [5.74, 6) is 0.441. The number of nitrogens with one attached hydrogen (secondary N) is 1. The molecule has 1 aliphatic heterocycles. The molecule has 0 saturated heterocycles. The number of fused-ring (bicyclic) bond motifs is 1. The highest BCUT2D eigenvalue weighted by atomic mass is 16.7. The van der Waals surface area contributed by atoms with Crippen LogP contribution in [-0.4, -0.2) is 18.2 Å². The van der Waals surface area contributed by atoms with Crippen molar-refractivity contribution in [2.45, 2.75) is 33.0 Å². The molecule has 0 aromatic heterocycles. The van der Waals surface area contributed by atoms with E-state index in [0.717, 1.165) is 6.42 Å². The number of hydrogen-bond acceptors (Lipinski definition) is 4. The molecule has 0 spiro atoms. The largest absolute Gasteiger partial charge is 0.449 e. The average Bonchev–Trinajstić information content (AvgIpc) is 2.63. The molecule has 5 nitrogen and oxygen atoms in total. The van der Waals surface area contributed by atoms with Crippen molar-refractivity contribution in [3.05, 3.63) is 18.2 Å². The molecular weight excluding hydrogens is 244 g/mol. The van der Waals surface area contributed by atoms with Crippen LogP contribution in [0.1, 0.15) is 27.2 Å². The summed E-state index contributed by atoms with van der Waals surface area (Å²) >= 11 is 0. The molecule has 2 rings (SSSR count). The lowest BCUT2D eigenvalue weighted by Gasteiger charge is -2.16. The minimum atomic E-state index is -0.659. The minimum absolute atomic E-state index is 0.0666. The Labute approximate surface area is 113 Å². The first kappa shape index (κ1) is 13.7. The van der Waals surface area contributed by atoms with E-state index in [0.29, 0.717) is 23.7 Å². The number of rotatable bonds is 4. The number of amides is 1. The highest BCUT2D eigenvalue weighted by Crippen LogP contribution is 2.40. The predicted molar refractivity (Wildman–Crippen MR) is 73.2 cm³/mol. The molecule has 1 aromatic rings. The second-order valence-corrected chi connectivity index (χ2v) is 5.10. The van der Waals surface area contributed by atoms with E-state index in [4.69, 9.17) is 15.2 Å². The summed E-state index contributed by atoms with van der Waals surface area (Å²) < 4.78 is 11.2. The van der Waals surface area contributed by atoms with Gasteiger partial charge in [-0.2, -0.15) is 0 Å². The van der Waals surface area contributed by atoms with E-state index in [1.807, 2.05) is 20.8 Å². The van der Waals surface area contributed by atoms with Gasteiger partial charge >= 0.3 is 0 Å². The van der Waals surface area contributed by atoms with Gasteiger partial charge in [-0.1, -0.05) is 6.92 Å². The molecule has 1 aromatic carbocycles. The third kappa shape index (κ3) is 2.98. The van der Waals surface area contributed by atoms with Crippen molar-refractivity contribution in [1.82, 2.24) is 0 Å². The molecule has 1 unspecified atom stereocenters. The third-order valence-corrected chi connectivity index (χ3v) is 3.07. The Balaban J connectivity index is 2.10. The van der Waals surface area contributed by atoms with Gasteiger partial charge in [0.05, 0.1) is 5.92 Å². The number of carbonyl (C=O) groups is 1. The molecule has 1 atom stereocenters. The monoisotopic (exact) mass is 264 g/mol. The Morgan fingerprint density at radius 3 is 2.68 bits per heavy atom. The number of ether oxygens (including phenoxy) is 2. The summed E-state index contributed by atoms with van der Waals surface area (Å²) in [5, 5.41) is 2.85. The van der Waals surface area contributed by atoms with Crippen LogP contribution < -0.4 is 20.5 Å². The zero-order valence-electron chi connectivity index (χ0n) is 11.5. The van der Waals surface area contributed by atoms with Crippen molar-refractivity contribution in [2.75, 3.05) is 11.9 Å². The fraction of sp³-hybridized carbons (Fsp3) is 0.500. The van der Waals surface area contributed by atoms with Crippen molar-refractivity contribution in [3.8, 4) is 11.5 Å². The van der Waals surface area contributed by atoms with Crippen molar-refractivity contribution in [2.24, 2.45) is 11.7 Å². The smallest absolute Gasteiger partial charge is 0.246 e. The lowest BCUT2D eigenvalue weighted by atomic mass is 10.1. The van der Waals surface area contributed by atoms with Crippen LogP contribution in [0.25, 0.3) is 0 Å². The molecule has 5 heteroatoms. The van der Waals surface area contributed by atoms with Gasteiger partial charge in [0.2, 0.25) is 11.7 Å². The van der Waals surface area contributed by atoms with Gasteiger partial charge in [0.1, 0.15) is 0 Å². The van der Waals surface area contributed by atoms with Gasteiger partial charge in [-0.25, -0.2) is 0 Å². The summed E-state index contributed by atoms with van der Waals surface area (Å²) in [6.45, 7) is 5.97. The molecule has 1 aliphatic rings. The maximum Gasteiger partial charge on any atom is 0.246 e. The lowest BCUT2D eigenvalue weighted by Crippen LogP contribution is -2.29. The highest BCUT2D eigenvalue weighted by Gasteiger charge is 2.31. The van der Waals surface area contributed by atoms with Crippen molar-refractivity contribution in [1.29, 1.82) is 0 Å². The first-order valence-corrected chi connectivity index (χ1v) is 6.48. The van der Waals surface area contributed by atoms with E-state index >= 15 is 0 Å². The zero-order valence-corrected chi connectivity index (χ0v) is 11.5. The van der Waals surface area contributed by atoms with E-state index in [1.54, 1.807) is 18.2 Å². The Morgan fingerprint density at radius 2 is 2.05 bits per heavy atom. The Hall–Kier alpha value is -1.75. The topological polar surface area (TPSA) is 73.6 Å². The summed E-state index contributed by atoms with van der Waals surface area (Å²) in [7, 11) is 0. The standard InChI is InChI=1S/C14H20N2O3/c1-4-9(8-15)13(17)16-10-5-6-11-12(7-10)19-14(2,3)18-11/h5-7,9H,4,8,15H2,1-3H3,(H,16,17). The maximum atomic E-state index is 11.9. The molecule has 19 heavy (non-hydrogen) atoms. The van der Waals surface area contributed by atoms with Crippen LogP contribution in [0.5, 0.6) is 11.5 Å². The van der Waals surface area contributed by atoms with Crippen LogP contribution in [0.3, 0.4) is 0 Å². The molecular formula is C14H20N2O3. The maximum absolute atomic E-state index is 11.9. The number of anilines is 1. The van der Waals surface area contributed by atoms with E-state index in [2.05, 4.69) is 5.32 Å². The van der Waals surface area contributed by atoms with Crippen LogP contribution in [0.2, 0.25) is 0 Å². The SMILES string of the molecule is CCC(CN)C(=O)Nc1ccc2c(c1)OC(C)(C)O2. The van der Waals surface area contributed by atoms with Crippen LogP contribution in [0, 0.1) is 5.92 Å². The quantitative estimate of drug-likeness (QED) is 0.873. The minimum Gasteiger partial charge on any atom is -0.449 e. The second-order valence-electron chi connectivity index (χ2n) is 5.10. The molecule has 104 valence electrons. The Kier molecular flexibility index (Phi) is 3.66. The molecule has 1 amide bonds. The highest BCUT2D eigenvalue weighted by molar-refractivity contribution is 5.93. The molecule has 0 saturated carbocycles. The first-order valence-electron chi connectivity index (χ1n) is 6.48. The van der Waals surface area contributed by atoms with E-state index < -0.39 is 5.79 Å². The number of nitrogens with two attached hydrogens (primary N) is 1. The third-order valence-electron chi connectivity index (χ3n) is 3.07. The van der Waals surface area contributed by atoms with Gasteiger partial charge in [0, 0.05) is 32.1 Å². The molecule has 0 aliphatic carbocycles. The summed E-state index contributed by atoms with van der Waals surface area (Å²) in [4.78, 5) is 11.9. The number of hydrogen-bond donors (Lipinski definition) is 2. The number of carbonyl (C=O) groups excluding carboxylic acids is 1. The number of benzene rings is 1. The lowest BCUT2D eigenvalue weighted by molar-refractivity contribution is -0.119. The van der Waals surface area contributed by atoms with E-state index in [-0.39, 0.29) is 11.8 Å². The van der Waals surface area contributed by atoms with Gasteiger partial charge in [-0.3, -0.25) is 4.79 Å². The van der Waals surface area contributed by atoms with E-state index in [9.17, 15) is 4.79 Å². The summed E-state index contributed by atoms with van der Waals surface area (Å²) in [5.41, 5.74) is 6.25. The Morgan fingerprint density at radius 1 is 1.37 bits per heavy atom. The molecule has 0 radical (unpaired) electrons. The van der Waals surface area contributed by atoms with Gasteiger partial charge in [0.25, 0.3) is 0 Å². The summed E-state index contributed by atoms with van der Waals surface area (Å²) in [6, 6.07) is 5.36. The van der Waals surface area contributed by atoms with Crippen LogP contribution in [0.15, 0.2) is 18.2 Å². The van der Waals surface area contributed by atoms with Crippen molar-refractivity contribution < 1.29 is 14.3 Å². The van der Waals surface area contributed by atoms with Gasteiger partial charge < -0.3 is 20.5 Å². The van der Waals surface area contributed by atoms with Gasteiger partial charge in [-0.15, -0.1) is 0 Å². The van der Waals surface area contributed by atoms with Crippen LogP contribution >= 0.6 is 0 Å². The fourth-order valence-corrected chi connectivity index (χ4v) is 2.00. The normalized spacial score (nSPS) is 17.1. The van der Waals surface area contributed by atoms with Crippen molar-refractivity contribution >= 4 is 11.6 Å². The van der Waals surface area contributed by atoms with E-state index in [1.165, 1.54) is 0 Å². The molecule has 0 fully saturated rings. The van der Waals surface area contributed by atoms with Gasteiger partial charge in [-0.05, 0) is 18.6 Å². The molecule has 0 bridgehead atoms. The van der Waals surface area contributed by atoms with Gasteiger partial charge in [0.15, 0.2) is 11.5 Å². The molecule has 1 heterocycles. The summed E-state index contributed by atoms with van der Waals surface area (Å²) in [6.07, 6.45) is 0.722. The first-order chi connectivity index (χ1) is 8.95. The molecule has 3 N–H and O–H groups in total. The predicted octanol–water partition coefficient (Wildman–Crippen LogP) is 2.12. The van der Waals surface area contributed by atoms with Crippen LogP contribution in [-0.2, 0) is 4.79 Å². The fourth-order valence-electron chi connectivity index (χ4n) is 2.00. The zero-order chi connectivity index (χ0) is 14.0.